The number of halogens is 2. The second-order valence-electron chi connectivity index (χ2n) is 4.81. The van der Waals surface area contributed by atoms with Crippen molar-refractivity contribution in [2.45, 2.75) is 0 Å². The molecule has 0 aliphatic heterocycles. The summed E-state index contributed by atoms with van der Waals surface area (Å²) in [5, 5.41) is 5.30. The van der Waals surface area contributed by atoms with Crippen molar-refractivity contribution in [2.75, 3.05) is 12.5 Å². The van der Waals surface area contributed by atoms with E-state index in [0.717, 1.165) is 16.7 Å². The molecule has 0 fully saturated rings. The number of pyridine rings is 1. The Kier molecular flexibility index (Phi) is 4.39. The first-order valence-corrected chi connectivity index (χ1v) is 7.22. The highest BCUT2D eigenvalue weighted by Gasteiger charge is 2.04. The topological polar surface area (TPSA) is 46.5 Å². The van der Waals surface area contributed by atoms with E-state index in [-0.39, 0.29) is 5.82 Å². The van der Waals surface area contributed by atoms with Crippen LogP contribution in [0.3, 0.4) is 0 Å². The molecule has 1 N–H and O–H groups in total. The number of hydrazone groups is 1. The Bertz CT molecular complexity index is 883. The molecule has 0 saturated heterocycles. The summed E-state index contributed by atoms with van der Waals surface area (Å²) in [4.78, 5) is 4.32. The van der Waals surface area contributed by atoms with Crippen LogP contribution in [-0.2, 0) is 0 Å². The number of benzene rings is 2. The van der Waals surface area contributed by atoms with Crippen molar-refractivity contribution in [2.24, 2.45) is 5.10 Å². The fourth-order valence-electron chi connectivity index (χ4n) is 2.10. The molecule has 0 aliphatic carbocycles. The van der Waals surface area contributed by atoms with Crippen molar-refractivity contribution in [3.63, 3.8) is 0 Å². The molecule has 1 aromatic heterocycles. The van der Waals surface area contributed by atoms with E-state index in [0.29, 0.717) is 16.4 Å². The van der Waals surface area contributed by atoms with Gasteiger partial charge >= 0.3 is 0 Å². The minimum Gasteiger partial charge on any atom is -0.497 e. The van der Waals surface area contributed by atoms with Crippen LogP contribution in [0.4, 0.5) is 10.1 Å². The van der Waals surface area contributed by atoms with Gasteiger partial charge in [-0.3, -0.25) is 5.43 Å². The molecule has 0 bridgehead atoms. The van der Waals surface area contributed by atoms with Crippen LogP contribution in [0.2, 0.25) is 5.15 Å². The lowest BCUT2D eigenvalue weighted by Crippen LogP contribution is -1.94. The zero-order valence-electron chi connectivity index (χ0n) is 12.3. The van der Waals surface area contributed by atoms with Gasteiger partial charge in [-0.15, -0.1) is 0 Å². The van der Waals surface area contributed by atoms with Crippen molar-refractivity contribution < 1.29 is 9.13 Å². The van der Waals surface area contributed by atoms with Gasteiger partial charge in [0, 0.05) is 10.9 Å². The maximum Gasteiger partial charge on any atom is 0.138 e. The van der Waals surface area contributed by atoms with Crippen molar-refractivity contribution in [1.82, 2.24) is 4.98 Å². The van der Waals surface area contributed by atoms with Crippen LogP contribution in [0, 0.1) is 5.82 Å². The number of nitrogens with one attached hydrogen (secondary N) is 1. The number of fused-ring (bicyclic) bond motifs is 1. The number of ether oxygens (including phenoxy) is 1. The average molecular weight is 330 g/mol. The average Bonchev–Trinajstić information content (AvgIpc) is 2.55. The fourth-order valence-corrected chi connectivity index (χ4v) is 2.29. The Morgan fingerprint density at radius 3 is 2.87 bits per heavy atom. The molecule has 0 aliphatic rings. The second kappa shape index (κ2) is 6.62. The molecule has 0 amide bonds. The van der Waals surface area contributed by atoms with E-state index in [1.807, 2.05) is 24.3 Å². The van der Waals surface area contributed by atoms with Crippen molar-refractivity contribution in [1.29, 1.82) is 0 Å². The maximum absolute atomic E-state index is 13.1. The van der Waals surface area contributed by atoms with Gasteiger partial charge in [0.05, 0.1) is 24.5 Å². The molecule has 6 heteroatoms. The van der Waals surface area contributed by atoms with Gasteiger partial charge in [-0.2, -0.15) is 5.10 Å². The van der Waals surface area contributed by atoms with Gasteiger partial charge in [-0.1, -0.05) is 17.7 Å². The van der Waals surface area contributed by atoms with E-state index < -0.39 is 0 Å². The summed E-state index contributed by atoms with van der Waals surface area (Å²) in [7, 11) is 1.61. The second-order valence-corrected chi connectivity index (χ2v) is 5.17. The summed E-state index contributed by atoms with van der Waals surface area (Å²) in [6, 6.07) is 13.4. The first-order valence-electron chi connectivity index (χ1n) is 6.84. The zero-order valence-corrected chi connectivity index (χ0v) is 13.0. The van der Waals surface area contributed by atoms with Gasteiger partial charge in [0.2, 0.25) is 0 Å². The standard InChI is InChI=1S/C17H13ClFN3O/c1-23-15-5-6-16-11(8-15)7-12(17(18)21-16)10-20-22-14-4-2-3-13(19)9-14/h2-10,22H,1H3/b20-10+. The quantitative estimate of drug-likeness (QED) is 0.436. The lowest BCUT2D eigenvalue weighted by atomic mass is 10.1. The van der Waals surface area contributed by atoms with Crippen LogP contribution in [-0.4, -0.2) is 18.3 Å². The molecular weight excluding hydrogens is 317 g/mol. The highest BCUT2D eigenvalue weighted by atomic mass is 35.5. The van der Waals surface area contributed by atoms with Crippen molar-refractivity contribution >= 4 is 34.4 Å². The summed E-state index contributed by atoms with van der Waals surface area (Å²) in [6.45, 7) is 0. The number of rotatable bonds is 4. The number of hydrogen-bond acceptors (Lipinski definition) is 4. The maximum atomic E-state index is 13.1. The smallest absolute Gasteiger partial charge is 0.138 e. The predicted molar refractivity (Wildman–Crippen MR) is 90.9 cm³/mol. The van der Waals surface area contributed by atoms with E-state index in [4.69, 9.17) is 16.3 Å². The first-order chi connectivity index (χ1) is 11.2. The van der Waals surface area contributed by atoms with Gasteiger partial charge in [-0.25, -0.2) is 9.37 Å². The third-order valence-corrected chi connectivity index (χ3v) is 3.53. The van der Waals surface area contributed by atoms with Gasteiger partial charge in [0.15, 0.2) is 0 Å². The van der Waals surface area contributed by atoms with Gasteiger partial charge in [0.25, 0.3) is 0 Å². The minimum absolute atomic E-state index is 0.331. The molecule has 3 aromatic rings. The van der Waals surface area contributed by atoms with Crippen LogP contribution in [0.15, 0.2) is 53.6 Å². The summed E-state index contributed by atoms with van der Waals surface area (Å²) < 4.78 is 18.3. The van der Waals surface area contributed by atoms with E-state index >= 15 is 0 Å². The minimum atomic E-state index is -0.331. The Balaban J connectivity index is 1.86. The summed E-state index contributed by atoms with van der Waals surface area (Å²) >= 11 is 6.16. The number of nitrogens with zero attached hydrogens (tertiary/aromatic N) is 2. The molecule has 3 rings (SSSR count). The van der Waals surface area contributed by atoms with Gasteiger partial charge < -0.3 is 4.74 Å². The molecule has 116 valence electrons. The first kappa shape index (κ1) is 15.2. The van der Waals surface area contributed by atoms with Crippen molar-refractivity contribution in [3.8, 4) is 5.75 Å². The van der Waals surface area contributed by atoms with Crippen LogP contribution in [0.25, 0.3) is 10.9 Å². The van der Waals surface area contributed by atoms with E-state index in [1.54, 1.807) is 25.5 Å². The van der Waals surface area contributed by atoms with E-state index in [2.05, 4.69) is 15.5 Å². The summed E-state index contributed by atoms with van der Waals surface area (Å²) in [5.74, 6) is 0.407. The molecule has 4 nitrogen and oxygen atoms in total. The summed E-state index contributed by atoms with van der Waals surface area (Å²) in [6.07, 6.45) is 1.54. The summed E-state index contributed by atoms with van der Waals surface area (Å²) in [5.41, 5.74) is 4.72. The highest BCUT2D eigenvalue weighted by molar-refractivity contribution is 6.32. The molecule has 0 unspecified atom stereocenters. The zero-order chi connectivity index (χ0) is 16.2. The number of methoxy groups -OCH3 is 1. The van der Waals surface area contributed by atoms with Gasteiger partial charge in [-0.05, 0) is 42.5 Å². The molecule has 0 spiro atoms. The van der Waals surface area contributed by atoms with Crippen molar-refractivity contribution in [3.05, 3.63) is 65.1 Å². The largest absolute Gasteiger partial charge is 0.497 e. The van der Waals surface area contributed by atoms with Crippen LogP contribution >= 0.6 is 11.6 Å². The monoisotopic (exact) mass is 329 g/mol. The molecule has 23 heavy (non-hydrogen) atoms. The molecule has 0 radical (unpaired) electrons. The van der Waals surface area contributed by atoms with E-state index in [1.165, 1.54) is 12.1 Å². The van der Waals surface area contributed by atoms with Crippen LogP contribution < -0.4 is 10.2 Å². The molecule has 0 atom stereocenters. The van der Waals surface area contributed by atoms with Crippen LogP contribution in [0.5, 0.6) is 5.75 Å². The Morgan fingerprint density at radius 1 is 1.22 bits per heavy atom. The fraction of sp³-hybridized carbons (Fsp3) is 0.0588. The number of aromatic nitrogens is 1. The third-order valence-electron chi connectivity index (χ3n) is 3.22. The number of anilines is 1. The number of hydrogen-bond donors (Lipinski definition) is 1. The Labute approximate surface area is 137 Å². The third kappa shape index (κ3) is 3.57. The predicted octanol–water partition coefficient (Wildman–Crippen LogP) is 4.48. The van der Waals surface area contributed by atoms with Gasteiger partial charge in [0.1, 0.15) is 16.7 Å². The lowest BCUT2D eigenvalue weighted by molar-refractivity contribution is 0.415. The molecular formula is C17H13ClFN3O. The molecule has 0 saturated carbocycles. The molecule has 2 aromatic carbocycles. The Hall–Kier alpha value is -2.66. The van der Waals surface area contributed by atoms with Crippen LogP contribution in [0.1, 0.15) is 5.56 Å². The Morgan fingerprint density at radius 2 is 2.09 bits per heavy atom. The van der Waals surface area contributed by atoms with E-state index in [9.17, 15) is 4.39 Å². The normalized spacial score (nSPS) is 11.1. The lowest BCUT2D eigenvalue weighted by Gasteiger charge is -2.05. The SMILES string of the molecule is COc1ccc2nc(Cl)c(/C=N/Nc3cccc(F)c3)cc2c1. The highest BCUT2D eigenvalue weighted by Crippen LogP contribution is 2.23. The molecule has 1 heterocycles.